The molecular formula is C37H36BF2N9O12P2S. The number of benzene rings is 2. The monoisotopic (exact) mass is 941 g/mol. The minimum absolute atomic E-state index is 0.0741. The van der Waals surface area contributed by atoms with E-state index in [4.69, 9.17) is 56.1 Å². The first-order valence-electron chi connectivity index (χ1n) is 19.4. The SMILES string of the molecule is [B][P@@]1(=O)OC[C@H]2O[C@@H](n3cnc4c(N)ccnc43)[C@H](F)[C@@H]2O[P@](=O)(SCc2ccc(OC(=O)c3ccc(OCC)cc3)cc2)OC[C@H]2O[C@@H](n3cnc4c(=O)[nH]c(N)nc43)[C@H](F)[C@@H]2O1. The summed E-state index contributed by atoms with van der Waals surface area (Å²) in [5.41, 5.74) is 12.3. The molecule has 5 N–H and O–H groups in total. The Bertz CT molecular complexity index is 2860. The number of fused-ring (bicyclic) bond motifs is 4. The van der Waals surface area contributed by atoms with E-state index >= 15 is 8.78 Å². The van der Waals surface area contributed by atoms with Gasteiger partial charge in [-0.3, -0.25) is 32.5 Å². The number of carbonyl (C=O) groups is 1. The second-order valence-electron chi connectivity index (χ2n) is 14.5. The molecule has 0 aliphatic carbocycles. The molecule has 9 rings (SSSR count). The van der Waals surface area contributed by atoms with Crippen molar-refractivity contribution in [1.29, 1.82) is 0 Å². The van der Waals surface area contributed by atoms with Crippen LogP contribution in [0.1, 0.15) is 35.3 Å². The smallest absolute Gasteiger partial charge is 0.389 e. The van der Waals surface area contributed by atoms with Crippen molar-refractivity contribution in [2.75, 3.05) is 31.3 Å². The van der Waals surface area contributed by atoms with Gasteiger partial charge in [0.2, 0.25) is 13.5 Å². The fourth-order valence-corrected chi connectivity index (χ4v) is 11.6. The van der Waals surface area contributed by atoms with Crippen LogP contribution in [0.4, 0.5) is 20.4 Å². The van der Waals surface area contributed by atoms with Crippen molar-refractivity contribution in [3.63, 3.8) is 0 Å². The number of esters is 1. The molecular weight excluding hydrogens is 905 g/mol. The highest BCUT2D eigenvalue weighted by Gasteiger charge is 2.54. The summed E-state index contributed by atoms with van der Waals surface area (Å²) in [4.78, 5) is 44.1. The minimum Gasteiger partial charge on any atom is -0.494 e. The first-order valence-corrected chi connectivity index (χ1v) is 24.1. The maximum Gasteiger partial charge on any atom is 0.389 e. The van der Waals surface area contributed by atoms with Gasteiger partial charge in [-0.15, -0.1) is 0 Å². The molecule has 27 heteroatoms. The minimum atomic E-state index is -4.74. The fraction of sp³-hybridized carbons (Fsp3) is 0.351. The van der Waals surface area contributed by atoms with Crippen LogP contribution < -0.4 is 26.5 Å². The van der Waals surface area contributed by atoms with Crippen molar-refractivity contribution in [3.8, 4) is 11.5 Å². The molecule has 21 nitrogen and oxygen atoms in total. The second kappa shape index (κ2) is 17.6. The number of imidazole rings is 2. The molecule has 0 spiro atoms. The van der Waals surface area contributed by atoms with Gasteiger partial charge >= 0.3 is 12.8 Å². The summed E-state index contributed by atoms with van der Waals surface area (Å²) in [5.74, 6) is -0.170. The molecule has 3 aliphatic rings. The zero-order chi connectivity index (χ0) is 44.9. The third kappa shape index (κ3) is 8.79. The Morgan fingerprint density at radius 3 is 2.19 bits per heavy atom. The highest BCUT2D eigenvalue weighted by Crippen LogP contribution is 2.65. The van der Waals surface area contributed by atoms with E-state index in [2.05, 4.69) is 24.9 Å². The summed E-state index contributed by atoms with van der Waals surface area (Å²) in [7, 11) is 1.25. The van der Waals surface area contributed by atoms with Crippen molar-refractivity contribution in [2.24, 2.45) is 0 Å². The molecule has 0 bridgehead atoms. The summed E-state index contributed by atoms with van der Waals surface area (Å²) in [6.45, 7) is -3.80. The summed E-state index contributed by atoms with van der Waals surface area (Å²) in [6, 6.07) is 14.2. The Balaban J connectivity index is 0.990. The molecule has 3 saturated heterocycles. The summed E-state index contributed by atoms with van der Waals surface area (Å²) in [6.07, 6.45) is -10.3. The molecule has 0 unspecified atom stereocenters. The van der Waals surface area contributed by atoms with Crippen LogP contribution in [0.15, 0.2) is 78.2 Å². The van der Waals surface area contributed by atoms with Crippen LogP contribution >= 0.6 is 25.7 Å². The molecule has 4 aromatic heterocycles. The summed E-state index contributed by atoms with van der Waals surface area (Å²) in [5, 5.41) is 0. The van der Waals surface area contributed by atoms with Gasteiger partial charge in [-0.2, -0.15) is 4.98 Å². The average molecular weight is 942 g/mol. The van der Waals surface area contributed by atoms with Gasteiger partial charge in [0.1, 0.15) is 41.4 Å². The number of alkyl halides is 2. The highest BCUT2D eigenvalue weighted by atomic mass is 32.7. The van der Waals surface area contributed by atoms with Gasteiger partial charge in [0.15, 0.2) is 41.6 Å². The molecule has 6 aromatic rings. The zero-order valence-corrected chi connectivity index (χ0v) is 35.9. The van der Waals surface area contributed by atoms with Crippen LogP contribution in [0.5, 0.6) is 11.5 Å². The fourth-order valence-electron chi connectivity index (χ4n) is 7.24. The first-order chi connectivity index (χ1) is 30.7. The molecule has 7 heterocycles. The predicted octanol–water partition coefficient (Wildman–Crippen LogP) is 4.95. The lowest BCUT2D eigenvalue weighted by Crippen LogP contribution is -2.37. The molecule has 334 valence electrons. The lowest BCUT2D eigenvalue weighted by atomic mass is 10.1. The Labute approximate surface area is 365 Å². The van der Waals surface area contributed by atoms with Gasteiger partial charge in [0, 0.05) is 11.9 Å². The van der Waals surface area contributed by atoms with Crippen LogP contribution in [0.2, 0.25) is 0 Å². The number of aromatic amines is 1. The predicted molar refractivity (Wildman–Crippen MR) is 225 cm³/mol. The first kappa shape index (κ1) is 44.0. The molecule has 0 saturated carbocycles. The Kier molecular flexibility index (Phi) is 12.1. The van der Waals surface area contributed by atoms with Crippen LogP contribution in [-0.4, -0.2) is 104 Å². The van der Waals surface area contributed by atoms with Gasteiger partial charge < -0.3 is 39.5 Å². The van der Waals surface area contributed by atoms with Gasteiger partial charge in [-0.05, 0) is 66.3 Å². The third-order valence-electron chi connectivity index (χ3n) is 10.3. The number of H-pyrrole nitrogens is 1. The number of nitrogens with zero attached hydrogens (tertiary/aromatic N) is 6. The van der Waals surface area contributed by atoms with E-state index in [9.17, 15) is 18.7 Å². The molecule has 2 aromatic carbocycles. The number of nitrogens with one attached hydrogen (secondary N) is 1. The largest absolute Gasteiger partial charge is 0.494 e. The maximum absolute atomic E-state index is 16.8. The standard InChI is InChI=1S/C37H36BF2N9O12P2S/c1-2-54-20-9-5-19(6-10-20)36(51)57-21-7-3-18(4-8-21)15-64-63(53)56-14-24-29(25(39)35(59-24)49-17-45-28-32(49)46-37(42)47-33(28)50)60-62(38,52)55-13-23-30(61-63)26(40)34(58-23)48-16-44-27-22(41)11-12-43-31(27)48/h3-12,16-17,23-26,29-30,34-35H,2,13-15H2,1H3,(H2,41,43)(H3,42,46,47,50)/t23-,24-,25-,26-,29-,30-,34-,35-,62-,63-/m1/s1. The number of pyridine rings is 1. The molecule has 64 heavy (non-hydrogen) atoms. The molecule has 10 atom stereocenters. The van der Waals surface area contributed by atoms with E-state index in [1.807, 2.05) is 6.92 Å². The van der Waals surface area contributed by atoms with Gasteiger partial charge in [0.25, 0.3) is 13.0 Å². The van der Waals surface area contributed by atoms with Crippen LogP contribution in [0, 0.1) is 0 Å². The van der Waals surface area contributed by atoms with E-state index in [1.165, 1.54) is 35.3 Å². The number of aromatic nitrogens is 7. The summed E-state index contributed by atoms with van der Waals surface area (Å²) < 4.78 is 110. The third-order valence-corrected chi connectivity index (χ3v) is 15.0. The van der Waals surface area contributed by atoms with Crippen LogP contribution in [0.3, 0.4) is 0 Å². The molecule has 2 radical (unpaired) electrons. The number of hydrogen-bond acceptors (Lipinski definition) is 19. The average Bonchev–Trinajstić information content (AvgIpc) is 4.04. The Morgan fingerprint density at radius 2 is 1.50 bits per heavy atom. The zero-order valence-electron chi connectivity index (χ0n) is 33.2. The van der Waals surface area contributed by atoms with Crippen molar-refractivity contribution in [3.05, 3.63) is 94.9 Å². The van der Waals surface area contributed by atoms with E-state index in [-0.39, 0.29) is 45.5 Å². The van der Waals surface area contributed by atoms with Crippen molar-refractivity contribution in [2.45, 2.75) is 61.9 Å². The molecule has 0 amide bonds. The normalized spacial score (nSPS) is 29.7. The van der Waals surface area contributed by atoms with Crippen LogP contribution in [-0.2, 0) is 42.5 Å². The maximum atomic E-state index is 16.8. The number of anilines is 2. The van der Waals surface area contributed by atoms with Gasteiger partial charge in [-0.1, -0.05) is 12.1 Å². The second-order valence-corrected chi connectivity index (χ2v) is 20.1. The van der Waals surface area contributed by atoms with Gasteiger partial charge in [-0.25, -0.2) is 33.1 Å². The Hall–Kier alpha value is -5.23. The Morgan fingerprint density at radius 1 is 0.875 bits per heavy atom. The number of nitrogens with two attached hydrogens (primary N) is 2. The van der Waals surface area contributed by atoms with E-state index < -0.39 is 88.2 Å². The van der Waals surface area contributed by atoms with E-state index in [0.29, 0.717) is 34.9 Å². The summed E-state index contributed by atoms with van der Waals surface area (Å²) >= 11 is 0.651. The van der Waals surface area contributed by atoms with Crippen LogP contribution in [0.25, 0.3) is 22.3 Å². The van der Waals surface area contributed by atoms with Crippen molar-refractivity contribution < 1.29 is 59.7 Å². The highest BCUT2D eigenvalue weighted by molar-refractivity contribution is 8.54. The van der Waals surface area contributed by atoms with Crippen molar-refractivity contribution in [1.82, 2.24) is 34.1 Å². The lowest BCUT2D eigenvalue weighted by Gasteiger charge is -2.30. The number of carbonyl (C=O) groups excluding carboxylic acids is 1. The number of rotatable bonds is 9. The quantitative estimate of drug-likeness (QED) is 0.0748. The molecule has 3 fully saturated rings. The number of nitrogen functional groups attached to an aromatic ring is 2. The van der Waals surface area contributed by atoms with E-state index in [0.717, 1.165) is 10.9 Å². The number of hydrogen-bond donors (Lipinski definition) is 3. The molecule has 3 aliphatic heterocycles. The van der Waals surface area contributed by atoms with E-state index in [1.54, 1.807) is 36.4 Å². The van der Waals surface area contributed by atoms with Crippen molar-refractivity contribution >= 4 is 73.2 Å². The van der Waals surface area contributed by atoms with Gasteiger partial charge in [0.05, 0.1) is 43.7 Å². The number of ether oxygens (including phenoxy) is 4. The number of halogens is 2. The topological polar surface area (TPSA) is 271 Å². The lowest BCUT2D eigenvalue weighted by molar-refractivity contribution is -0.0546.